The zero-order valence-electron chi connectivity index (χ0n) is 12.3. The van der Waals surface area contributed by atoms with E-state index in [0.29, 0.717) is 0 Å². The highest BCUT2D eigenvalue weighted by Gasteiger charge is 2.31. The number of halogens is 3. The first-order valence-corrected chi connectivity index (χ1v) is 6.58. The van der Waals surface area contributed by atoms with Crippen molar-refractivity contribution in [2.45, 2.75) is 13.3 Å². The molecule has 0 aliphatic heterocycles. The number of ether oxygens (including phenoxy) is 1. The molecule has 2 aromatic rings. The van der Waals surface area contributed by atoms with Crippen molar-refractivity contribution in [2.24, 2.45) is 0 Å². The van der Waals surface area contributed by atoms with Gasteiger partial charge in [0.2, 0.25) is 0 Å². The molecule has 5 nitrogen and oxygen atoms in total. The van der Waals surface area contributed by atoms with E-state index in [9.17, 15) is 27.9 Å². The summed E-state index contributed by atoms with van der Waals surface area (Å²) in [5, 5.41) is 9.66. The van der Waals surface area contributed by atoms with Gasteiger partial charge in [-0.1, -0.05) is 18.2 Å². The van der Waals surface area contributed by atoms with Gasteiger partial charge in [0.25, 0.3) is 0 Å². The standard InChI is InChI=1S/C16H11F3O5/c1-9-8-12(21)14(15(22)23-9)11(20)7-6-10-4-2-3-5-13(10)24-16(17,18)19/h2-8,21H,1H3. The molecule has 0 aliphatic carbocycles. The molecule has 0 saturated heterocycles. The van der Waals surface area contributed by atoms with Gasteiger partial charge >= 0.3 is 12.0 Å². The van der Waals surface area contributed by atoms with Crippen LogP contribution in [0.1, 0.15) is 21.7 Å². The Balaban J connectivity index is 2.32. The van der Waals surface area contributed by atoms with Crippen LogP contribution < -0.4 is 10.4 Å². The van der Waals surface area contributed by atoms with Crippen molar-refractivity contribution in [1.29, 1.82) is 0 Å². The van der Waals surface area contributed by atoms with Gasteiger partial charge in [0.1, 0.15) is 22.8 Å². The van der Waals surface area contributed by atoms with E-state index in [1.807, 2.05) is 0 Å². The molecule has 0 spiro atoms. The van der Waals surface area contributed by atoms with E-state index in [-0.39, 0.29) is 11.3 Å². The van der Waals surface area contributed by atoms with Crippen molar-refractivity contribution in [3.05, 3.63) is 63.7 Å². The lowest BCUT2D eigenvalue weighted by atomic mass is 10.1. The number of hydrogen-bond acceptors (Lipinski definition) is 5. The lowest BCUT2D eigenvalue weighted by molar-refractivity contribution is -0.274. The molecule has 1 aromatic heterocycles. The number of carbonyl (C=O) groups excluding carboxylic acids is 1. The number of ketones is 1. The van der Waals surface area contributed by atoms with E-state index in [1.165, 1.54) is 25.1 Å². The van der Waals surface area contributed by atoms with E-state index >= 15 is 0 Å². The number of hydrogen-bond donors (Lipinski definition) is 1. The van der Waals surface area contributed by atoms with Gasteiger partial charge in [0.15, 0.2) is 5.78 Å². The van der Waals surface area contributed by atoms with Crippen LogP contribution >= 0.6 is 0 Å². The average Bonchev–Trinajstić information content (AvgIpc) is 2.43. The highest BCUT2D eigenvalue weighted by Crippen LogP contribution is 2.27. The van der Waals surface area contributed by atoms with E-state index in [0.717, 1.165) is 24.3 Å². The molecule has 1 heterocycles. The highest BCUT2D eigenvalue weighted by atomic mass is 19.4. The van der Waals surface area contributed by atoms with Gasteiger partial charge < -0.3 is 14.3 Å². The Morgan fingerprint density at radius 3 is 2.58 bits per heavy atom. The Kier molecular flexibility index (Phi) is 4.77. The lowest BCUT2D eigenvalue weighted by Crippen LogP contribution is -2.17. The Bertz CT molecular complexity index is 850. The number of alkyl halides is 3. The molecule has 0 bridgehead atoms. The Hall–Kier alpha value is -3.03. The molecule has 1 N–H and O–H groups in total. The topological polar surface area (TPSA) is 76.7 Å². The third-order valence-corrected chi connectivity index (χ3v) is 2.86. The summed E-state index contributed by atoms with van der Waals surface area (Å²) in [5.74, 6) is -1.88. The summed E-state index contributed by atoms with van der Waals surface area (Å²) in [6.45, 7) is 1.41. The molecule has 0 fully saturated rings. The van der Waals surface area contributed by atoms with Crippen LogP contribution in [-0.2, 0) is 0 Å². The largest absolute Gasteiger partial charge is 0.573 e. The third-order valence-electron chi connectivity index (χ3n) is 2.86. The highest BCUT2D eigenvalue weighted by molar-refractivity contribution is 6.08. The Morgan fingerprint density at radius 1 is 1.29 bits per heavy atom. The number of aromatic hydroxyl groups is 1. The van der Waals surface area contributed by atoms with Gasteiger partial charge in [-0.25, -0.2) is 4.79 Å². The van der Waals surface area contributed by atoms with Crippen LogP contribution in [0, 0.1) is 6.92 Å². The lowest BCUT2D eigenvalue weighted by Gasteiger charge is -2.10. The SMILES string of the molecule is Cc1cc(O)c(C(=O)C=Cc2ccccc2OC(F)(F)F)c(=O)o1. The maximum Gasteiger partial charge on any atom is 0.573 e. The third kappa shape index (κ3) is 4.25. The van der Waals surface area contributed by atoms with Crippen molar-refractivity contribution >= 4 is 11.9 Å². The van der Waals surface area contributed by atoms with Crippen LogP contribution in [-0.4, -0.2) is 17.3 Å². The normalized spacial score (nSPS) is 11.7. The molecule has 0 saturated carbocycles. The second kappa shape index (κ2) is 6.61. The number of aryl methyl sites for hydroxylation is 1. The van der Waals surface area contributed by atoms with Gasteiger partial charge in [-0.3, -0.25) is 4.79 Å². The predicted molar refractivity (Wildman–Crippen MR) is 77.9 cm³/mol. The molecule has 0 radical (unpaired) electrons. The van der Waals surface area contributed by atoms with Crippen molar-refractivity contribution in [2.75, 3.05) is 0 Å². The van der Waals surface area contributed by atoms with Crippen molar-refractivity contribution in [3.63, 3.8) is 0 Å². The second-order valence-corrected chi connectivity index (χ2v) is 4.69. The maximum absolute atomic E-state index is 12.3. The fourth-order valence-electron chi connectivity index (χ4n) is 1.91. The molecular weight excluding hydrogens is 329 g/mol. The minimum atomic E-state index is -4.88. The van der Waals surface area contributed by atoms with Gasteiger partial charge in [-0.15, -0.1) is 13.2 Å². The molecule has 8 heteroatoms. The molecule has 0 unspecified atom stereocenters. The van der Waals surface area contributed by atoms with Gasteiger partial charge in [0.05, 0.1) is 0 Å². The first kappa shape index (κ1) is 17.3. The van der Waals surface area contributed by atoms with Crippen molar-refractivity contribution in [1.82, 2.24) is 0 Å². The summed E-state index contributed by atoms with van der Waals surface area (Å²) in [6.07, 6.45) is -2.99. The number of allylic oxidation sites excluding steroid dienone is 1. The first-order valence-electron chi connectivity index (χ1n) is 6.58. The van der Waals surface area contributed by atoms with Crippen LogP contribution in [0.25, 0.3) is 6.08 Å². The zero-order chi connectivity index (χ0) is 17.9. The number of rotatable bonds is 4. The zero-order valence-corrected chi connectivity index (χ0v) is 12.3. The second-order valence-electron chi connectivity index (χ2n) is 4.69. The van der Waals surface area contributed by atoms with E-state index in [4.69, 9.17) is 4.42 Å². The Labute approximate surface area is 133 Å². The minimum absolute atomic E-state index is 0.0286. The van der Waals surface area contributed by atoms with Crippen LogP contribution in [0.5, 0.6) is 11.5 Å². The van der Waals surface area contributed by atoms with Crippen LogP contribution in [0.2, 0.25) is 0 Å². The summed E-state index contributed by atoms with van der Waals surface area (Å²) in [6, 6.07) is 6.24. The van der Waals surface area contributed by atoms with Crippen molar-refractivity contribution < 1.29 is 32.2 Å². The quantitative estimate of drug-likeness (QED) is 0.681. The molecule has 24 heavy (non-hydrogen) atoms. The number of carbonyl (C=O) groups is 1. The molecule has 0 aliphatic rings. The van der Waals surface area contributed by atoms with Gasteiger partial charge in [-0.05, 0) is 25.1 Å². The predicted octanol–water partition coefficient (Wildman–Crippen LogP) is 3.45. The monoisotopic (exact) mass is 340 g/mol. The Morgan fingerprint density at radius 2 is 1.96 bits per heavy atom. The average molecular weight is 340 g/mol. The van der Waals surface area contributed by atoms with Crippen LogP contribution in [0.3, 0.4) is 0 Å². The summed E-state index contributed by atoms with van der Waals surface area (Å²) < 4.78 is 45.5. The fraction of sp³-hybridized carbons (Fsp3) is 0.125. The van der Waals surface area contributed by atoms with E-state index in [1.54, 1.807) is 0 Å². The molecule has 126 valence electrons. The summed E-state index contributed by atoms with van der Waals surface area (Å²) in [4.78, 5) is 23.6. The fourth-order valence-corrected chi connectivity index (χ4v) is 1.91. The molecule has 2 rings (SSSR count). The summed E-state index contributed by atoms with van der Waals surface area (Å²) in [5.41, 5.74) is -1.67. The van der Waals surface area contributed by atoms with Crippen LogP contribution in [0.15, 0.2) is 45.6 Å². The van der Waals surface area contributed by atoms with Crippen LogP contribution in [0.4, 0.5) is 13.2 Å². The summed E-state index contributed by atoms with van der Waals surface area (Å²) in [7, 11) is 0. The molecule has 0 atom stereocenters. The van der Waals surface area contributed by atoms with E-state index in [2.05, 4.69) is 4.74 Å². The molecule has 0 amide bonds. The molecular formula is C16H11F3O5. The maximum atomic E-state index is 12.3. The van der Waals surface area contributed by atoms with Gasteiger partial charge in [0, 0.05) is 11.6 Å². The molecule has 1 aromatic carbocycles. The smallest absolute Gasteiger partial charge is 0.507 e. The van der Waals surface area contributed by atoms with E-state index < -0.39 is 34.8 Å². The van der Waals surface area contributed by atoms with Gasteiger partial charge in [-0.2, -0.15) is 0 Å². The number of benzene rings is 1. The number of para-hydroxylation sites is 1. The minimum Gasteiger partial charge on any atom is -0.507 e. The summed E-state index contributed by atoms with van der Waals surface area (Å²) >= 11 is 0. The first-order chi connectivity index (χ1) is 11.2. The van der Waals surface area contributed by atoms with Crippen molar-refractivity contribution in [3.8, 4) is 11.5 Å².